The lowest BCUT2D eigenvalue weighted by molar-refractivity contribution is 0.0922. The van der Waals surface area contributed by atoms with Gasteiger partial charge in [0.15, 0.2) is 0 Å². The molecule has 3 heteroatoms. The molecule has 1 aliphatic rings. The fourth-order valence-corrected chi connectivity index (χ4v) is 1.92. The molecular weight excluding hydrogens is 190 g/mol. The second-order valence-electron chi connectivity index (χ2n) is 3.74. The highest BCUT2D eigenvalue weighted by Gasteiger charge is 2.18. The maximum absolute atomic E-state index is 10.1. The fraction of sp³-hybridized carbons (Fsp3) is 0.417. The molecule has 79 valence electrons. The summed E-state index contributed by atoms with van der Waals surface area (Å²) in [5, 5.41) is 3.30. The molecule has 0 amide bonds. The monoisotopic (exact) mass is 204 g/mol. The first-order valence-corrected chi connectivity index (χ1v) is 5.13. The third-order valence-electron chi connectivity index (χ3n) is 2.68. The van der Waals surface area contributed by atoms with E-state index in [1.165, 1.54) is 11.1 Å². The van der Waals surface area contributed by atoms with E-state index in [9.17, 15) is 4.79 Å². The molecule has 1 unspecified atom stereocenters. The van der Waals surface area contributed by atoms with Crippen molar-refractivity contribution in [2.24, 2.45) is 0 Å². The Morgan fingerprint density at radius 2 is 2.47 bits per heavy atom. The molecule has 1 aromatic rings. The summed E-state index contributed by atoms with van der Waals surface area (Å²) < 4.78 is 5.31. The predicted molar refractivity (Wildman–Crippen MR) is 58.6 cm³/mol. The molecule has 2 rings (SSSR count). The quantitative estimate of drug-likeness (QED) is 0.816. The molecule has 3 nitrogen and oxygen atoms in total. The van der Waals surface area contributed by atoms with Gasteiger partial charge in [-0.2, -0.15) is 0 Å². The third-order valence-corrected chi connectivity index (χ3v) is 2.68. The number of carbonyl (C=O) groups excluding carboxylic acids is 1. The number of aryl methyl sites for hydroxylation is 2. The minimum absolute atomic E-state index is 0.0406. The maximum Gasteiger partial charge on any atom is 0.226 e. The SMILES string of the molecule is Cc1cccc2c1NC(OC[C]=O)CC2. The summed E-state index contributed by atoms with van der Waals surface area (Å²) in [5.41, 5.74) is 3.69. The molecule has 1 heterocycles. The van der Waals surface area contributed by atoms with Crippen LogP contribution in [0.4, 0.5) is 5.69 Å². The van der Waals surface area contributed by atoms with Crippen LogP contribution in [-0.4, -0.2) is 19.1 Å². The fourth-order valence-electron chi connectivity index (χ4n) is 1.92. The highest BCUT2D eigenvalue weighted by molar-refractivity contribution is 5.59. The molecule has 1 atom stereocenters. The number of anilines is 1. The van der Waals surface area contributed by atoms with Gasteiger partial charge in [-0.15, -0.1) is 0 Å². The summed E-state index contributed by atoms with van der Waals surface area (Å²) in [6, 6.07) is 6.26. The molecule has 0 bridgehead atoms. The van der Waals surface area contributed by atoms with Gasteiger partial charge in [0.25, 0.3) is 0 Å². The topological polar surface area (TPSA) is 38.3 Å². The van der Waals surface area contributed by atoms with Crippen LogP contribution < -0.4 is 5.32 Å². The zero-order valence-electron chi connectivity index (χ0n) is 8.75. The van der Waals surface area contributed by atoms with E-state index in [-0.39, 0.29) is 12.8 Å². The normalized spacial score (nSPS) is 19.1. The first kappa shape index (κ1) is 10.2. The number of ether oxygens (including phenoxy) is 1. The van der Waals surface area contributed by atoms with Crippen LogP contribution in [0.1, 0.15) is 17.5 Å². The Morgan fingerprint density at radius 3 is 3.27 bits per heavy atom. The Balaban J connectivity index is 2.11. The number of hydrogen-bond acceptors (Lipinski definition) is 3. The average molecular weight is 204 g/mol. The first-order valence-electron chi connectivity index (χ1n) is 5.13. The number of rotatable bonds is 3. The summed E-state index contributed by atoms with van der Waals surface area (Å²) in [5.74, 6) is 0. The van der Waals surface area contributed by atoms with E-state index in [1.54, 1.807) is 6.29 Å². The van der Waals surface area contributed by atoms with Crippen molar-refractivity contribution in [3.05, 3.63) is 29.3 Å². The summed E-state index contributed by atoms with van der Waals surface area (Å²) in [7, 11) is 0. The summed E-state index contributed by atoms with van der Waals surface area (Å²) in [6.45, 7) is 2.11. The van der Waals surface area contributed by atoms with Crippen molar-refractivity contribution in [2.75, 3.05) is 11.9 Å². The molecule has 1 radical (unpaired) electrons. The Hall–Kier alpha value is -1.35. The van der Waals surface area contributed by atoms with Crippen molar-refractivity contribution in [2.45, 2.75) is 26.0 Å². The minimum atomic E-state index is -0.0555. The van der Waals surface area contributed by atoms with Gasteiger partial charge in [-0.1, -0.05) is 18.2 Å². The molecule has 0 fully saturated rings. The average Bonchev–Trinajstić information content (AvgIpc) is 2.27. The first-order chi connectivity index (χ1) is 7.31. The van der Waals surface area contributed by atoms with Crippen LogP contribution in [0.15, 0.2) is 18.2 Å². The predicted octanol–water partition coefficient (Wildman–Crippen LogP) is 1.81. The van der Waals surface area contributed by atoms with Gasteiger partial charge in [0.05, 0.1) is 0 Å². The number of fused-ring (bicyclic) bond motifs is 1. The van der Waals surface area contributed by atoms with Crippen molar-refractivity contribution in [1.82, 2.24) is 0 Å². The molecule has 0 aromatic heterocycles. The molecule has 0 aliphatic carbocycles. The lowest BCUT2D eigenvalue weighted by atomic mass is 9.99. The molecular formula is C12H14NO2. The van der Waals surface area contributed by atoms with E-state index >= 15 is 0 Å². The van der Waals surface area contributed by atoms with Gasteiger partial charge in [-0.3, -0.25) is 4.79 Å². The lowest BCUT2D eigenvalue weighted by Gasteiger charge is -2.27. The second-order valence-corrected chi connectivity index (χ2v) is 3.74. The van der Waals surface area contributed by atoms with E-state index in [1.807, 2.05) is 0 Å². The molecule has 0 saturated heterocycles. The largest absolute Gasteiger partial charge is 0.360 e. The molecule has 0 spiro atoms. The van der Waals surface area contributed by atoms with Crippen molar-refractivity contribution < 1.29 is 9.53 Å². The zero-order chi connectivity index (χ0) is 10.7. The van der Waals surface area contributed by atoms with Crippen molar-refractivity contribution in [3.63, 3.8) is 0 Å². The van der Waals surface area contributed by atoms with Crippen LogP contribution in [-0.2, 0) is 16.0 Å². The van der Waals surface area contributed by atoms with Crippen LogP contribution in [0.5, 0.6) is 0 Å². The number of para-hydroxylation sites is 1. The Bertz CT molecular complexity index is 363. The summed E-state index contributed by atoms with van der Waals surface area (Å²) >= 11 is 0. The van der Waals surface area contributed by atoms with E-state index in [4.69, 9.17) is 4.74 Å². The highest BCUT2D eigenvalue weighted by Crippen LogP contribution is 2.28. The van der Waals surface area contributed by atoms with Gasteiger partial charge in [-0.25, -0.2) is 0 Å². The summed E-state index contributed by atoms with van der Waals surface area (Å²) in [4.78, 5) is 10.1. The molecule has 1 aliphatic heterocycles. The second kappa shape index (κ2) is 4.45. The standard InChI is InChI=1S/C12H14NO2/c1-9-3-2-4-10-5-6-11(13-12(9)10)15-8-7-14/h2-4,11,13H,5-6,8H2,1H3. The van der Waals surface area contributed by atoms with Crippen molar-refractivity contribution in [1.29, 1.82) is 0 Å². The van der Waals surface area contributed by atoms with Crippen LogP contribution in [0.2, 0.25) is 0 Å². The number of benzene rings is 1. The van der Waals surface area contributed by atoms with Gasteiger partial charge >= 0.3 is 0 Å². The smallest absolute Gasteiger partial charge is 0.226 e. The van der Waals surface area contributed by atoms with Crippen LogP contribution in [0.25, 0.3) is 0 Å². The summed E-state index contributed by atoms with van der Waals surface area (Å²) in [6.07, 6.45) is 3.58. The van der Waals surface area contributed by atoms with Gasteiger partial charge in [0, 0.05) is 5.69 Å². The molecule has 1 N–H and O–H groups in total. The third kappa shape index (κ3) is 2.18. The Morgan fingerprint density at radius 1 is 1.60 bits per heavy atom. The van der Waals surface area contributed by atoms with Gasteiger partial charge in [-0.05, 0) is 30.9 Å². The van der Waals surface area contributed by atoms with Crippen molar-refractivity contribution >= 4 is 12.0 Å². The van der Waals surface area contributed by atoms with E-state index in [0.717, 1.165) is 18.5 Å². The van der Waals surface area contributed by atoms with Crippen LogP contribution in [0, 0.1) is 6.92 Å². The van der Waals surface area contributed by atoms with Crippen LogP contribution >= 0.6 is 0 Å². The van der Waals surface area contributed by atoms with Crippen molar-refractivity contribution in [3.8, 4) is 0 Å². The zero-order valence-corrected chi connectivity index (χ0v) is 8.75. The van der Waals surface area contributed by atoms with Crippen LogP contribution in [0.3, 0.4) is 0 Å². The van der Waals surface area contributed by atoms with E-state index in [2.05, 4.69) is 30.4 Å². The van der Waals surface area contributed by atoms with Gasteiger partial charge in [0.2, 0.25) is 6.29 Å². The molecule has 1 aromatic carbocycles. The maximum atomic E-state index is 10.1. The highest BCUT2D eigenvalue weighted by atomic mass is 16.5. The minimum Gasteiger partial charge on any atom is -0.360 e. The van der Waals surface area contributed by atoms with Gasteiger partial charge < -0.3 is 10.1 Å². The number of nitrogens with one attached hydrogen (secondary N) is 1. The van der Waals surface area contributed by atoms with E-state index in [0.29, 0.717) is 0 Å². The Kier molecular flexibility index (Phi) is 3.02. The molecule has 15 heavy (non-hydrogen) atoms. The molecule has 0 saturated carbocycles. The number of hydrogen-bond donors (Lipinski definition) is 1. The van der Waals surface area contributed by atoms with Gasteiger partial charge in [0.1, 0.15) is 12.8 Å². The Labute approximate surface area is 89.4 Å². The van der Waals surface area contributed by atoms with E-state index < -0.39 is 0 Å². The lowest BCUT2D eigenvalue weighted by Crippen LogP contribution is -2.29.